The average Bonchev–Trinajstić information content (AvgIpc) is 1.35. The number of hydrogen-bond acceptors (Lipinski definition) is 1. The summed E-state index contributed by atoms with van der Waals surface area (Å²) in [5.41, 5.74) is 7.67. The molecule has 6 heavy (non-hydrogen) atoms. The van der Waals surface area contributed by atoms with Gasteiger partial charge in [0.05, 0.1) is 6.30 Å². The Kier molecular flexibility index (Phi) is 2.47. The van der Waals surface area contributed by atoms with Crippen LogP contribution >= 0.6 is 7.70 Å². The maximum absolute atomic E-state index is 7.67. The average molecular weight is 102 g/mol. The summed E-state index contributed by atoms with van der Waals surface area (Å²) >= 11 is 0. The Morgan fingerprint density at radius 2 is 2.50 bits per heavy atom. The topological polar surface area (TPSA) is 48.8 Å². The van der Waals surface area contributed by atoms with Crippen molar-refractivity contribution >= 4 is 14.0 Å². The predicted octanol–water partition coefficient (Wildman–Crippen LogP) is 1.76. The third kappa shape index (κ3) is 3.48. The van der Waals surface area contributed by atoms with Crippen LogP contribution in [0.2, 0.25) is 0 Å². The molecule has 0 aliphatic heterocycles. The minimum atomic E-state index is -0.642. The Morgan fingerprint density at radius 1 is 2.00 bits per heavy atom. The van der Waals surface area contributed by atoms with Crippen LogP contribution in [0, 0.1) is 0 Å². The first-order valence-corrected chi connectivity index (χ1v) is 3.29. The van der Waals surface area contributed by atoms with E-state index >= 15 is 0 Å². The summed E-state index contributed by atoms with van der Waals surface area (Å²) in [7, 11) is -0.642. The summed E-state index contributed by atoms with van der Waals surface area (Å²) < 4.78 is 0. The molecule has 0 saturated carbocycles. The van der Waals surface area contributed by atoms with Crippen molar-refractivity contribution in [1.29, 1.82) is 0 Å². The van der Waals surface area contributed by atoms with Crippen molar-refractivity contribution in [3.63, 3.8) is 0 Å². The van der Waals surface area contributed by atoms with E-state index in [1.165, 1.54) is 0 Å². The molecule has 0 fully saturated rings. The van der Waals surface area contributed by atoms with Gasteiger partial charge in [-0.15, -0.1) is 0 Å². The third-order valence-electron chi connectivity index (χ3n) is 0.193. The Bertz CT molecular complexity index is 101. The normalized spacial score (nSPS) is 9.17. The van der Waals surface area contributed by atoms with Crippen molar-refractivity contribution in [3.05, 3.63) is 10.4 Å². The fourth-order valence-corrected chi connectivity index (χ4v) is 0.205. The lowest BCUT2D eigenvalue weighted by Crippen LogP contribution is -1.35. The van der Waals surface area contributed by atoms with E-state index in [0.717, 1.165) is 0 Å². The number of azide groups is 1. The second kappa shape index (κ2) is 2.70. The highest BCUT2D eigenvalue weighted by Gasteiger charge is 1.82. The van der Waals surface area contributed by atoms with Crippen molar-refractivity contribution in [2.75, 3.05) is 6.66 Å². The molecule has 0 aliphatic carbocycles. The molecule has 0 saturated heterocycles. The Labute approximate surface area is 37.1 Å². The van der Waals surface area contributed by atoms with Crippen molar-refractivity contribution in [1.82, 2.24) is 0 Å². The Balaban J connectivity index is 3.60. The summed E-state index contributed by atoms with van der Waals surface area (Å²) in [5, 5.41) is 0. The molecular formula is C2H5N3P+. The van der Waals surface area contributed by atoms with Crippen LogP contribution in [-0.4, -0.2) is 13.0 Å². The molecule has 1 atom stereocenters. The van der Waals surface area contributed by atoms with Gasteiger partial charge in [0.2, 0.25) is 7.70 Å². The van der Waals surface area contributed by atoms with E-state index in [4.69, 9.17) is 5.53 Å². The van der Waals surface area contributed by atoms with Gasteiger partial charge in [-0.25, -0.2) is 0 Å². The van der Waals surface area contributed by atoms with Crippen LogP contribution in [0.5, 0.6) is 0 Å². The minimum absolute atomic E-state index is 0.642. The highest BCUT2D eigenvalue weighted by atomic mass is 31.1. The zero-order chi connectivity index (χ0) is 4.99. The van der Waals surface area contributed by atoms with Gasteiger partial charge in [-0.3, -0.25) is 0 Å². The zero-order valence-corrected chi connectivity index (χ0v) is 4.39. The highest BCUT2D eigenvalue weighted by Crippen LogP contribution is 2.12. The fourth-order valence-electron chi connectivity index (χ4n) is 0.0683. The van der Waals surface area contributed by atoms with Gasteiger partial charge < -0.3 is 0 Å². The zero-order valence-electron chi connectivity index (χ0n) is 3.50. The van der Waals surface area contributed by atoms with Crippen LogP contribution in [-0.2, 0) is 0 Å². The molecule has 0 radical (unpaired) electrons. The molecule has 0 N–H and O–H groups in total. The molecule has 0 bridgehead atoms. The summed E-state index contributed by atoms with van der Waals surface area (Å²) in [4.78, 5) is 5.79. The minimum Gasteiger partial charge on any atom is 0.0000608 e. The Morgan fingerprint density at radius 3 is 2.50 bits per heavy atom. The first-order valence-electron chi connectivity index (χ1n) is 1.36. The SMILES string of the molecule is C=[P+](C)N=[N+]=[N-]. The molecule has 0 aromatic rings. The van der Waals surface area contributed by atoms with Crippen molar-refractivity contribution in [3.8, 4) is 0 Å². The van der Waals surface area contributed by atoms with E-state index in [2.05, 4.69) is 16.1 Å². The molecule has 3 nitrogen and oxygen atoms in total. The fraction of sp³-hybridized carbons (Fsp3) is 0.500. The molecule has 0 spiro atoms. The van der Waals surface area contributed by atoms with Crippen LogP contribution in [0.3, 0.4) is 0 Å². The lowest BCUT2D eigenvalue weighted by Gasteiger charge is -1.52. The molecular weight excluding hydrogens is 97.0 g/mol. The van der Waals surface area contributed by atoms with E-state index in [-0.39, 0.29) is 0 Å². The number of hydrogen-bond donors (Lipinski definition) is 0. The Hall–Kier alpha value is -0.520. The van der Waals surface area contributed by atoms with Crippen molar-refractivity contribution in [2.24, 2.45) is 4.88 Å². The number of rotatable bonds is 1. The molecule has 4 heteroatoms. The van der Waals surface area contributed by atoms with Crippen molar-refractivity contribution < 1.29 is 0 Å². The molecule has 0 aromatic carbocycles. The van der Waals surface area contributed by atoms with Crippen LogP contribution in [0.4, 0.5) is 0 Å². The smallest absolute Gasteiger partial charge is 0.0000608 e. The molecule has 0 aliphatic rings. The molecule has 0 aromatic heterocycles. The maximum Gasteiger partial charge on any atom is 0.207 e. The highest BCUT2D eigenvalue weighted by molar-refractivity contribution is 7.53. The first kappa shape index (κ1) is 5.48. The molecule has 32 valence electrons. The predicted molar refractivity (Wildman–Crippen MR) is 29.1 cm³/mol. The lowest BCUT2D eigenvalue weighted by atomic mass is 11.9. The van der Waals surface area contributed by atoms with Gasteiger partial charge in [0, 0.05) is 10.4 Å². The second-order valence-corrected chi connectivity index (χ2v) is 2.33. The van der Waals surface area contributed by atoms with Crippen LogP contribution in [0.1, 0.15) is 0 Å². The van der Waals surface area contributed by atoms with E-state index in [1.807, 2.05) is 0 Å². The first-order chi connectivity index (χ1) is 2.77. The van der Waals surface area contributed by atoms with E-state index in [9.17, 15) is 0 Å². The molecule has 0 rings (SSSR count). The van der Waals surface area contributed by atoms with E-state index in [1.54, 1.807) is 6.66 Å². The second-order valence-electron chi connectivity index (χ2n) is 0.837. The van der Waals surface area contributed by atoms with Gasteiger partial charge in [-0.1, -0.05) is 0 Å². The summed E-state index contributed by atoms with van der Waals surface area (Å²) in [5.74, 6) is 0. The van der Waals surface area contributed by atoms with Gasteiger partial charge in [-0.2, -0.15) is 0 Å². The monoisotopic (exact) mass is 102 g/mol. The van der Waals surface area contributed by atoms with Gasteiger partial charge in [0.1, 0.15) is 11.5 Å². The molecule has 1 unspecified atom stereocenters. The van der Waals surface area contributed by atoms with Gasteiger partial charge in [0.25, 0.3) is 0 Å². The van der Waals surface area contributed by atoms with Gasteiger partial charge in [0.15, 0.2) is 0 Å². The van der Waals surface area contributed by atoms with Gasteiger partial charge >= 0.3 is 0 Å². The summed E-state index contributed by atoms with van der Waals surface area (Å²) in [6.07, 6.45) is 3.47. The maximum atomic E-state index is 7.67. The summed E-state index contributed by atoms with van der Waals surface area (Å²) in [6, 6.07) is 0. The van der Waals surface area contributed by atoms with Crippen LogP contribution in [0.25, 0.3) is 10.4 Å². The van der Waals surface area contributed by atoms with E-state index in [0.29, 0.717) is 0 Å². The quantitative estimate of drug-likeness (QED) is 0.209. The molecule has 0 amide bonds. The molecule has 0 heterocycles. The van der Waals surface area contributed by atoms with E-state index < -0.39 is 7.70 Å². The number of nitrogens with zero attached hydrogens (tertiary/aromatic N) is 3. The van der Waals surface area contributed by atoms with Crippen LogP contribution in [0.15, 0.2) is 4.88 Å². The van der Waals surface area contributed by atoms with Crippen LogP contribution < -0.4 is 0 Å². The third-order valence-corrected chi connectivity index (χ3v) is 0.578. The van der Waals surface area contributed by atoms with Gasteiger partial charge in [-0.05, 0) is 0 Å². The standard InChI is InChI=1S/C2H5N3P/c1-6(2)5-4-3/h1H2,2H3/q+1. The largest absolute Gasteiger partial charge is 0.207 e. The lowest BCUT2D eigenvalue weighted by molar-refractivity contribution is 1.78. The van der Waals surface area contributed by atoms with Crippen molar-refractivity contribution in [2.45, 2.75) is 0 Å². The summed E-state index contributed by atoms with van der Waals surface area (Å²) in [6.45, 7) is 1.79.